The standard InChI is InChI=1S/C12H11ClFN3O2/c1-2-10-11(12(18)19)15-16-17(10)6-7-3-4-8(13)9(14)5-7/h3-5H,2,6H2,1H3,(H,18,19). The second-order valence-electron chi connectivity index (χ2n) is 3.95. The number of carboxylic acid groups (broad SMARTS) is 1. The maximum Gasteiger partial charge on any atom is 0.358 e. The monoisotopic (exact) mass is 283 g/mol. The molecule has 0 amide bonds. The number of aromatic nitrogens is 3. The molecule has 2 aromatic rings. The molecule has 0 unspecified atom stereocenters. The summed E-state index contributed by atoms with van der Waals surface area (Å²) in [5.41, 5.74) is 1.07. The van der Waals surface area contributed by atoms with Crippen molar-refractivity contribution < 1.29 is 14.3 Å². The van der Waals surface area contributed by atoms with Crippen molar-refractivity contribution in [3.63, 3.8) is 0 Å². The summed E-state index contributed by atoms with van der Waals surface area (Å²) in [4.78, 5) is 11.0. The quantitative estimate of drug-likeness (QED) is 0.935. The Bertz CT molecular complexity index is 627. The molecule has 0 saturated carbocycles. The van der Waals surface area contributed by atoms with Gasteiger partial charge in [-0.1, -0.05) is 29.8 Å². The Morgan fingerprint density at radius 2 is 2.26 bits per heavy atom. The highest BCUT2D eigenvalue weighted by Gasteiger charge is 2.17. The highest BCUT2D eigenvalue weighted by atomic mass is 35.5. The van der Waals surface area contributed by atoms with Crippen LogP contribution in [-0.4, -0.2) is 26.1 Å². The molecular weight excluding hydrogens is 273 g/mol. The van der Waals surface area contributed by atoms with Crippen molar-refractivity contribution in [3.05, 3.63) is 46.0 Å². The van der Waals surface area contributed by atoms with E-state index in [9.17, 15) is 9.18 Å². The average Bonchev–Trinajstić information content (AvgIpc) is 2.76. The lowest BCUT2D eigenvalue weighted by Crippen LogP contribution is -2.08. The minimum Gasteiger partial charge on any atom is -0.476 e. The normalized spacial score (nSPS) is 10.7. The fraction of sp³-hybridized carbons (Fsp3) is 0.250. The second kappa shape index (κ2) is 5.36. The average molecular weight is 284 g/mol. The molecule has 0 saturated heterocycles. The fourth-order valence-electron chi connectivity index (χ4n) is 1.79. The van der Waals surface area contributed by atoms with Gasteiger partial charge in [-0.2, -0.15) is 0 Å². The minimum absolute atomic E-state index is 0.0456. The Kier molecular flexibility index (Phi) is 3.80. The highest BCUT2D eigenvalue weighted by molar-refractivity contribution is 6.30. The predicted molar refractivity (Wildman–Crippen MR) is 66.9 cm³/mol. The van der Waals surface area contributed by atoms with E-state index in [-0.39, 0.29) is 17.3 Å². The number of hydrogen-bond acceptors (Lipinski definition) is 3. The summed E-state index contributed by atoms with van der Waals surface area (Å²) in [6.45, 7) is 2.06. The van der Waals surface area contributed by atoms with Crippen LogP contribution in [0, 0.1) is 5.82 Å². The van der Waals surface area contributed by atoms with Gasteiger partial charge in [-0.3, -0.25) is 0 Å². The topological polar surface area (TPSA) is 68.0 Å². The Morgan fingerprint density at radius 3 is 2.84 bits per heavy atom. The lowest BCUT2D eigenvalue weighted by atomic mass is 10.2. The molecule has 0 fully saturated rings. The van der Waals surface area contributed by atoms with E-state index in [4.69, 9.17) is 16.7 Å². The van der Waals surface area contributed by atoms with Crippen molar-refractivity contribution in [2.75, 3.05) is 0 Å². The van der Waals surface area contributed by atoms with Crippen molar-refractivity contribution in [2.24, 2.45) is 0 Å². The number of nitrogens with zero attached hydrogens (tertiary/aromatic N) is 3. The Hall–Kier alpha value is -1.95. The molecule has 1 N–H and O–H groups in total. The Labute approximate surface area is 113 Å². The van der Waals surface area contributed by atoms with Crippen LogP contribution in [0.25, 0.3) is 0 Å². The first-order valence-electron chi connectivity index (χ1n) is 5.62. The molecule has 0 atom stereocenters. The van der Waals surface area contributed by atoms with Crippen molar-refractivity contribution in [2.45, 2.75) is 19.9 Å². The van der Waals surface area contributed by atoms with Crippen molar-refractivity contribution in [3.8, 4) is 0 Å². The molecule has 0 aliphatic heterocycles. The van der Waals surface area contributed by atoms with Crippen LogP contribution in [0.1, 0.15) is 28.7 Å². The van der Waals surface area contributed by atoms with Crippen LogP contribution in [0.15, 0.2) is 18.2 Å². The SMILES string of the molecule is CCc1c(C(=O)O)nnn1Cc1ccc(Cl)c(F)c1. The summed E-state index contributed by atoms with van der Waals surface area (Å²) in [5.74, 6) is -1.64. The lowest BCUT2D eigenvalue weighted by Gasteiger charge is -2.06. The number of carboxylic acids is 1. The van der Waals surface area contributed by atoms with Crippen LogP contribution in [0.5, 0.6) is 0 Å². The van der Waals surface area contributed by atoms with Crippen molar-refractivity contribution in [1.82, 2.24) is 15.0 Å². The summed E-state index contributed by atoms with van der Waals surface area (Å²) >= 11 is 5.60. The van der Waals surface area contributed by atoms with Gasteiger partial charge in [-0.15, -0.1) is 5.10 Å². The van der Waals surface area contributed by atoms with Gasteiger partial charge in [-0.05, 0) is 24.1 Å². The van der Waals surface area contributed by atoms with E-state index in [1.165, 1.54) is 16.8 Å². The van der Waals surface area contributed by atoms with E-state index < -0.39 is 11.8 Å². The third-order valence-corrected chi connectivity index (χ3v) is 3.00. The predicted octanol–water partition coefficient (Wildman–Crippen LogP) is 2.38. The van der Waals surface area contributed by atoms with Crippen LogP contribution >= 0.6 is 11.6 Å². The number of aromatic carboxylic acids is 1. The van der Waals surface area contributed by atoms with Crippen LogP contribution in [0.3, 0.4) is 0 Å². The third-order valence-electron chi connectivity index (χ3n) is 2.69. The maximum absolute atomic E-state index is 13.3. The van der Waals surface area contributed by atoms with Gasteiger partial charge in [0.15, 0.2) is 5.69 Å². The summed E-state index contributed by atoms with van der Waals surface area (Å²) in [5, 5.41) is 16.4. The molecule has 2 rings (SSSR count). The number of benzene rings is 1. The molecule has 7 heteroatoms. The van der Waals surface area contributed by atoms with E-state index in [1.807, 2.05) is 6.92 Å². The van der Waals surface area contributed by atoms with E-state index in [0.717, 1.165) is 0 Å². The molecule has 0 spiro atoms. The highest BCUT2D eigenvalue weighted by Crippen LogP contribution is 2.17. The molecule has 5 nitrogen and oxygen atoms in total. The molecule has 0 radical (unpaired) electrons. The van der Waals surface area contributed by atoms with E-state index in [1.54, 1.807) is 6.07 Å². The van der Waals surface area contributed by atoms with Crippen molar-refractivity contribution in [1.29, 1.82) is 0 Å². The van der Waals surface area contributed by atoms with E-state index >= 15 is 0 Å². The lowest BCUT2D eigenvalue weighted by molar-refractivity contribution is 0.0689. The van der Waals surface area contributed by atoms with Crippen LogP contribution in [-0.2, 0) is 13.0 Å². The van der Waals surface area contributed by atoms with Gasteiger partial charge in [-0.25, -0.2) is 13.9 Å². The van der Waals surface area contributed by atoms with E-state index in [0.29, 0.717) is 17.7 Å². The summed E-state index contributed by atoms with van der Waals surface area (Å²) < 4.78 is 14.8. The van der Waals surface area contributed by atoms with Gasteiger partial charge in [0, 0.05) is 0 Å². The molecule has 0 aliphatic rings. The first-order chi connectivity index (χ1) is 9.02. The summed E-state index contributed by atoms with van der Waals surface area (Å²) in [6, 6.07) is 4.41. The number of carbonyl (C=O) groups is 1. The zero-order valence-electron chi connectivity index (χ0n) is 10.1. The van der Waals surface area contributed by atoms with Gasteiger partial charge >= 0.3 is 5.97 Å². The largest absolute Gasteiger partial charge is 0.476 e. The van der Waals surface area contributed by atoms with Gasteiger partial charge in [0.25, 0.3) is 0 Å². The van der Waals surface area contributed by atoms with Gasteiger partial charge in [0.1, 0.15) is 5.82 Å². The fourth-order valence-corrected chi connectivity index (χ4v) is 1.90. The molecule has 19 heavy (non-hydrogen) atoms. The molecular formula is C12H11ClFN3O2. The van der Waals surface area contributed by atoms with Crippen molar-refractivity contribution >= 4 is 17.6 Å². The van der Waals surface area contributed by atoms with Crippen LogP contribution < -0.4 is 0 Å². The Morgan fingerprint density at radius 1 is 1.53 bits per heavy atom. The summed E-state index contributed by atoms with van der Waals surface area (Å²) in [7, 11) is 0. The third kappa shape index (κ3) is 2.73. The smallest absolute Gasteiger partial charge is 0.358 e. The zero-order chi connectivity index (χ0) is 14.0. The molecule has 1 aromatic heterocycles. The number of halogens is 2. The zero-order valence-corrected chi connectivity index (χ0v) is 10.9. The first-order valence-corrected chi connectivity index (χ1v) is 6.00. The molecule has 100 valence electrons. The number of hydrogen-bond donors (Lipinski definition) is 1. The first kappa shape index (κ1) is 13.5. The second-order valence-corrected chi connectivity index (χ2v) is 4.36. The van der Waals surface area contributed by atoms with Crippen LogP contribution in [0.2, 0.25) is 5.02 Å². The number of rotatable bonds is 4. The van der Waals surface area contributed by atoms with Gasteiger partial charge < -0.3 is 5.11 Å². The maximum atomic E-state index is 13.3. The molecule has 1 aromatic carbocycles. The molecule has 1 heterocycles. The van der Waals surface area contributed by atoms with E-state index in [2.05, 4.69) is 10.3 Å². The van der Waals surface area contributed by atoms with Crippen LogP contribution in [0.4, 0.5) is 4.39 Å². The minimum atomic E-state index is -1.12. The Balaban J connectivity index is 2.33. The van der Waals surface area contributed by atoms with Gasteiger partial charge in [0.2, 0.25) is 0 Å². The summed E-state index contributed by atoms with van der Waals surface area (Å²) in [6.07, 6.45) is 0.477. The molecule has 0 aliphatic carbocycles. The molecule has 0 bridgehead atoms. The van der Waals surface area contributed by atoms with Gasteiger partial charge in [0.05, 0.1) is 17.3 Å².